The van der Waals surface area contributed by atoms with Gasteiger partial charge in [-0.2, -0.15) is 0 Å². The number of pyridine rings is 1. The molecule has 0 fully saturated rings. The first-order valence-electron chi connectivity index (χ1n) is 6.76. The molecular weight excluding hydrogens is 282 g/mol. The van der Waals surface area contributed by atoms with Crippen molar-refractivity contribution in [1.29, 1.82) is 0 Å². The number of benzene rings is 1. The lowest BCUT2D eigenvalue weighted by atomic mass is 9.96. The molecule has 0 amide bonds. The highest BCUT2D eigenvalue weighted by atomic mass is 32.1. The van der Waals surface area contributed by atoms with E-state index in [0.29, 0.717) is 5.75 Å². The Morgan fingerprint density at radius 2 is 2.05 bits per heavy atom. The minimum atomic E-state index is -0.737. The van der Waals surface area contributed by atoms with E-state index in [2.05, 4.69) is 11.1 Å². The molecule has 1 aromatic carbocycles. The van der Waals surface area contributed by atoms with Gasteiger partial charge in [-0.1, -0.05) is 6.07 Å². The number of ether oxygens (including phenoxy) is 1. The van der Waals surface area contributed by atoms with Gasteiger partial charge < -0.3 is 9.84 Å². The number of nitrogens with zero attached hydrogens (tertiary/aromatic N) is 1. The SMILES string of the molecule is COc1cc(C)cc(C)c1C(O)c1cnc2ccsc2c1. The van der Waals surface area contributed by atoms with Gasteiger partial charge in [0, 0.05) is 17.3 Å². The largest absolute Gasteiger partial charge is 0.496 e. The molecule has 0 aliphatic heterocycles. The molecule has 1 unspecified atom stereocenters. The lowest BCUT2D eigenvalue weighted by Crippen LogP contribution is -2.05. The van der Waals surface area contributed by atoms with E-state index < -0.39 is 6.10 Å². The number of fused-ring (bicyclic) bond motifs is 1. The summed E-state index contributed by atoms with van der Waals surface area (Å²) >= 11 is 1.63. The van der Waals surface area contributed by atoms with E-state index in [1.807, 2.05) is 37.4 Å². The van der Waals surface area contributed by atoms with Crippen LogP contribution in [-0.4, -0.2) is 17.2 Å². The van der Waals surface area contributed by atoms with E-state index in [0.717, 1.165) is 32.5 Å². The molecule has 3 nitrogen and oxygen atoms in total. The van der Waals surface area contributed by atoms with E-state index in [9.17, 15) is 5.11 Å². The zero-order valence-electron chi connectivity index (χ0n) is 12.3. The Balaban J connectivity index is 2.10. The highest BCUT2D eigenvalue weighted by Crippen LogP contribution is 2.34. The molecule has 4 heteroatoms. The fraction of sp³-hybridized carbons (Fsp3) is 0.235. The first-order valence-corrected chi connectivity index (χ1v) is 7.64. The Kier molecular flexibility index (Phi) is 3.66. The van der Waals surface area contributed by atoms with Crippen LogP contribution >= 0.6 is 11.3 Å². The molecule has 0 aliphatic rings. The number of aryl methyl sites for hydroxylation is 2. The predicted octanol–water partition coefficient (Wildman–Crippen LogP) is 4.00. The molecule has 3 rings (SSSR count). The maximum absolute atomic E-state index is 10.8. The van der Waals surface area contributed by atoms with Gasteiger partial charge in [-0.3, -0.25) is 4.98 Å². The van der Waals surface area contributed by atoms with Gasteiger partial charge in [0.15, 0.2) is 0 Å². The second kappa shape index (κ2) is 5.47. The van der Waals surface area contributed by atoms with Crippen LogP contribution in [0.3, 0.4) is 0 Å². The summed E-state index contributed by atoms with van der Waals surface area (Å²) in [5.74, 6) is 0.714. The molecule has 0 spiro atoms. The molecule has 3 aromatic rings. The van der Waals surface area contributed by atoms with E-state index in [-0.39, 0.29) is 0 Å². The standard InChI is InChI=1S/C17H17NO2S/c1-10-6-11(2)16(14(7-10)20-3)17(19)12-8-15-13(18-9-12)4-5-21-15/h4-9,17,19H,1-3H3. The van der Waals surface area contributed by atoms with Gasteiger partial charge in [0.2, 0.25) is 0 Å². The number of thiophene rings is 1. The fourth-order valence-electron chi connectivity index (χ4n) is 2.64. The van der Waals surface area contributed by atoms with Crippen LogP contribution < -0.4 is 4.74 Å². The maximum atomic E-state index is 10.8. The summed E-state index contributed by atoms with van der Waals surface area (Å²) in [5, 5.41) is 12.8. The first kappa shape index (κ1) is 14.0. The van der Waals surface area contributed by atoms with Crippen LogP contribution in [0.25, 0.3) is 10.2 Å². The highest BCUT2D eigenvalue weighted by molar-refractivity contribution is 7.17. The number of hydrogen-bond acceptors (Lipinski definition) is 4. The van der Waals surface area contributed by atoms with E-state index in [1.165, 1.54) is 0 Å². The number of aliphatic hydroxyl groups excluding tert-OH is 1. The molecule has 108 valence electrons. The van der Waals surface area contributed by atoms with Crippen LogP contribution in [0.15, 0.2) is 35.8 Å². The minimum Gasteiger partial charge on any atom is -0.496 e. The Hall–Kier alpha value is -1.91. The number of rotatable bonds is 3. The number of aliphatic hydroxyl groups is 1. The summed E-state index contributed by atoms with van der Waals surface area (Å²) in [6.07, 6.45) is 0.998. The van der Waals surface area contributed by atoms with Crippen LogP contribution in [0.2, 0.25) is 0 Å². The quantitative estimate of drug-likeness (QED) is 0.794. The van der Waals surface area contributed by atoms with Gasteiger partial charge in [-0.05, 0) is 48.6 Å². The predicted molar refractivity (Wildman–Crippen MR) is 86.1 cm³/mol. The molecule has 21 heavy (non-hydrogen) atoms. The molecule has 0 bridgehead atoms. The third-order valence-corrected chi connectivity index (χ3v) is 4.48. The molecule has 0 radical (unpaired) electrons. The summed E-state index contributed by atoms with van der Waals surface area (Å²) in [7, 11) is 1.63. The number of hydrogen-bond donors (Lipinski definition) is 1. The van der Waals surface area contributed by atoms with Crippen molar-refractivity contribution in [3.8, 4) is 5.75 Å². The molecule has 0 aliphatic carbocycles. The van der Waals surface area contributed by atoms with E-state index in [4.69, 9.17) is 4.74 Å². The minimum absolute atomic E-state index is 0.714. The topological polar surface area (TPSA) is 42.4 Å². The second-order valence-corrected chi connectivity index (χ2v) is 6.12. The molecule has 0 saturated carbocycles. The Bertz CT molecular complexity index is 795. The molecule has 2 aromatic heterocycles. The molecule has 1 N–H and O–H groups in total. The first-order chi connectivity index (χ1) is 10.1. The van der Waals surface area contributed by atoms with Crippen molar-refractivity contribution in [2.75, 3.05) is 7.11 Å². The average molecular weight is 299 g/mol. The molecular formula is C17H17NO2S. The Morgan fingerprint density at radius 3 is 2.81 bits per heavy atom. The summed E-state index contributed by atoms with van der Waals surface area (Å²) in [5.41, 5.74) is 4.69. The second-order valence-electron chi connectivity index (χ2n) is 5.17. The third kappa shape index (κ3) is 2.52. The van der Waals surface area contributed by atoms with Crippen LogP contribution in [0.1, 0.15) is 28.4 Å². The summed E-state index contributed by atoms with van der Waals surface area (Å²) in [4.78, 5) is 4.40. The van der Waals surface area contributed by atoms with Crippen molar-refractivity contribution in [1.82, 2.24) is 4.98 Å². The third-order valence-electron chi connectivity index (χ3n) is 3.63. The van der Waals surface area contributed by atoms with Crippen molar-refractivity contribution >= 4 is 21.6 Å². The molecule has 0 saturated heterocycles. The van der Waals surface area contributed by atoms with Gasteiger partial charge in [0.1, 0.15) is 11.9 Å². The lowest BCUT2D eigenvalue weighted by molar-refractivity contribution is 0.213. The Labute approximate surface area is 127 Å². The molecule has 1 atom stereocenters. The summed E-state index contributed by atoms with van der Waals surface area (Å²) in [6.45, 7) is 4.01. The van der Waals surface area contributed by atoms with Crippen LogP contribution in [0.4, 0.5) is 0 Å². The van der Waals surface area contributed by atoms with Crippen LogP contribution in [0.5, 0.6) is 5.75 Å². The fourth-order valence-corrected chi connectivity index (χ4v) is 3.43. The van der Waals surface area contributed by atoms with Crippen LogP contribution in [-0.2, 0) is 0 Å². The van der Waals surface area contributed by atoms with Gasteiger partial charge in [0.25, 0.3) is 0 Å². The van der Waals surface area contributed by atoms with Gasteiger partial charge in [0.05, 0.1) is 17.3 Å². The Morgan fingerprint density at radius 1 is 1.24 bits per heavy atom. The smallest absolute Gasteiger partial charge is 0.125 e. The van der Waals surface area contributed by atoms with Crippen molar-refractivity contribution < 1.29 is 9.84 Å². The lowest BCUT2D eigenvalue weighted by Gasteiger charge is -2.18. The summed E-state index contributed by atoms with van der Waals surface area (Å²) < 4.78 is 6.52. The van der Waals surface area contributed by atoms with Gasteiger partial charge in [-0.15, -0.1) is 11.3 Å². The summed E-state index contributed by atoms with van der Waals surface area (Å²) in [6, 6.07) is 7.98. The maximum Gasteiger partial charge on any atom is 0.125 e. The zero-order valence-corrected chi connectivity index (χ0v) is 13.1. The van der Waals surface area contributed by atoms with Crippen molar-refractivity contribution in [2.45, 2.75) is 20.0 Å². The average Bonchev–Trinajstić information content (AvgIpc) is 2.93. The normalized spacial score (nSPS) is 12.6. The van der Waals surface area contributed by atoms with Crippen molar-refractivity contribution in [3.05, 3.63) is 58.1 Å². The van der Waals surface area contributed by atoms with Gasteiger partial charge >= 0.3 is 0 Å². The van der Waals surface area contributed by atoms with E-state index >= 15 is 0 Å². The zero-order chi connectivity index (χ0) is 15.0. The van der Waals surface area contributed by atoms with E-state index in [1.54, 1.807) is 24.6 Å². The monoisotopic (exact) mass is 299 g/mol. The molecule has 2 heterocycles. The van der Waals surface area contributed by atoms with Crippen molar-refractivity contribution in [3.63, 3.8) is 0 Å². The highest BCUT2D eigenvalue weighted by Gasteiger charge is 2.19. The number of aromatic nitrogens is 1. The van der Waals surface area contributed by atoms with Gasteiger partial charge in [-0.25, -0.2) is 0 Å². The van der Waals surface area contributed by atoms with Crippen LogP contribution in [0, 0.1) is 13.8 Å². The van der Waals surface area contributed by atoms with Crippen molar-refractivity contribution in [2.24, 2.45) is 0 Å². The number of methoxy groups -OCH3 is 1.